The highest BCUT2D eigenvalue weighted by molar-refractivity contribution is 5.96. The summed E-state index contributed by atoms with van der Waals surface area (Å²) in [4.78, 5) is 4.18. The molecule has 0 aliphatic rings. The van der Waals surface area contributed by atoms with E-state index in [1.54, 1.807) is 6.07 Å². The van der Waals surface area contributed by atoms with Gasteiger partial charge in [-0.3, -0.25) is 4.98 Å². The van der Waals surface area contributed by atoms with Gasteiger partial charge in [-0.25, -0.2) is 0 Å². The van der Waals surface area contributed by atoms with E-state index < -0.39 is 0 Å². The molecule has 106 valence electrons. The van der Waals surface area contributed by atoms with Gasteiger partial charge in [-0.05, 0) is 45.7 Å². The van der Waals surface area contributed by atoms with Gasteiger partial charge in [-0.15, -0.1) is 0 Å². The number of hydrogen-bond acceptors (Lipinski definition) is 2. The zero-order valence-electron chi connectivity index (χ0n) is 12.6. The molecular weight excluding hydrogens is 258 g/mol. The van der Waals surface area contributed by atoms with E-state index in [0.29, 0.717) is 5.75 Å². The molecule has 2 heteroatoms. The molecule has 1 aromatic heterocycles. The minimum atomic E-state index is -0.0910. The fraction of sp³-hybridized carbons (Fsp3) is 0.211. The van der Waals surface area contributed by atoms with Crippen LogP contribution in [-0.2, 0) is 5.41 Å². The zero-order chi connectivity index (χ0) is 15.0. The van der Waals surface area contributed by atoms with E-state index in [4.69, 9.17) is 0 Å². The van der Waals surface area contributed by atoms with E-state index >= 15 is 0 Å². The third kappa shape index (κ3) is 2.49. The minimum absolute atomic E-state index is 0.0910. The highest BCUT2D eigenvalue weighted by atomic mass is 16.3. The molecule has 0 saturated carbocycles. The normalized spacial score (nSPS) is 11.8. The fourth-order valence-electron chi connectivity index (χ4n) is 2.68. The van der Waals surface area contributed by atoms with Crippen LogP contribution < -0.4 is 0 Å². The van der Waals surface area contributed by atoms with Crippen LogP contribution in [0.3, 0.4) is 0 Å². The van der Waals surface area contributed by atoms with E-state index in [0.717, 1.165) is 16.5 Å². The third-order valence-electron chi connectivity index (χ3n) is 3.80. The molecule has 21 heavy (non-hydrogen) atoms. The van der Waals surface area contributed by atoms with Crippen LogP contribution in [0, 0.1) is 0 Å². The number of hydrogen-bond donors (Lipinski definition) is 1. The first-order valence-corrected chi connectivity index (χ1v) is 7.13. The molecule has 2 aromatic carbocycles. The number of pyridine rings is 1. The number of aromatic nitrogens is 1. The van der Waals surface area contributed by atoms with Crippen LogP contribution in [0.2, 0.25) is 0 Å². The molecule has 0 spiro atoms. The Kier molecular flexibility index (Phi) is 3.17. The van der Waals surface area contributed by atoms with Gasteiger partial charge in [0.1, 0.15) is 5.75 Å². The first-order chi connectivity index (χ1) is 9.97. The molecule has 2 nitrogen and oxygen atoms in total. The van der Waals surface area contributed by atoms with Crippen LogP contribution in [0.1, 0.15) is 26.3 Å². The number of nitrogens with zero attached hydrogens (tertiary/aromatic N) is 1. The van der Waals surface area contributed by atoms with Crippen molar-refractivity contribution in [1.82, 2.24) is 4.98 Å². The van der Waals surface area contributed by atoms with Crippen LogP contribution in [0.5, 0.6) is 5.75 Å². The lowest BCUT2D eigenvalue weighted by Crippen LogP contribution is -2.11. The lowest BCUT2D eigenvalue weighted by molar-refractivity contribution is 0.447. The molecule has 0 fully saturated rings. The van der Waals surface area contributed by atoms with Gasteiger partial charge in [0.2, 0.25) is 0 Å². The van der Waals surface area contributed by atoms with Gasteiger partial charge >= 0.3 is 0 Å². The van der Waals surface area contributed by atoms with Crippen molar-refractivity contribution in [2.24, 2.45) is 0 Å². The van der Waals surface area contributed by atoms with Gasteiger partial charge in [0.25, 0.3) is 0 Å². The standard InChI is InChI=1S/C19H19NO/c1-19(2,3)17-11-13(7-8-18(17)21)15-6-4-5-14-12-20-10-9-16(14)15/h4-12,21H,1-3H3. The smallest absolute Gasteiger partial charge is 0.119 e. The second-order valence-electron chi connectivity index (χ2n) is 6.38. The van der Waals surface area contributed by atoms with Crippen molar-refractivity contribution in [3.05, 3.63) is 60.4 Å². The first-order valence-electron chi connectivity index (χ1n) is 7.13. The Morgan fingerprint density at radius 3 is 2.57 bits per heavy atom. The number of fused-ring (bicyclic) bond motifs is 1. The van der Waals surface area contributed by atoms with Crippen molar-refractivity contribution >= 4 is 10.8 Å². The molecule has 0 aliphatic heterocycles. The lowest BCUT2D eigenvalue weighted by atomic mass is 9.84. The zero-order valence-corrected chi connectivity index (χ0v) is 12.6. The summed E-state index contributed by atoms with van der Waals surface area (Å²) in [6.07, 6.45) is 3.70. The summed E-state index contributed by atoms with van der Waals surface area (Å²) in [6, 6.07) is 14.1. The molecule has 1 heterocycles. The number of phenols is 1. The summed E-state index contributed by atoms with van der Waals surface area (Å²) in [5, 5.41) is 12.4. The molecule has 0 bridgehead atoms. The second-order valence-corrected chi connectivity index (χ2v) is 6.38. The summed E-state index contributed by atoms with van der Waals surface area (Å²) in [5.74, 6) is 0.355. The average Bonchev–Trinajstić information content (AvgIpc) is 2.46. The number of rotatable bonds is 1. The number of benzene rings is 2. The van der Waals surface area contributed by atoms with Gasteiger partial charge in [-0.1, -0.05) is 45.0 Å². The molecule has 0 aliphatic carbocycles. The SMILES string of the molecule is CC(C)(C)c1cc(-c2cccc3cnccc23)ccc1O. The highest BCUT2D eigenvalue weighted by Gasteiger charge is 2.19. The molecule has 0 saturated heterocycles. The maximum absolute atomic E-state index is 10.1. The van der Waals surface area contributed by atoms with Gasteiger partial charge in [0.05, 0.1) is 0 Å². The van der Waals surface area contributed by atoms with Gasteiger partial charge in [-0.2, -0.15) is 0 Å². The molecule has 0 radical (unpaired) electrons. The van der Waals surface area contributed by atoms with Crippen LogP contribution >= 0.6 is 0 Å². The summed E-state index contributed by atoms with van der Waals surface area (Å²) in [6.45, 7) is 6.33. The van der Waals surface area contributed by atoms with Crippen molar-refractivity contribution < 1.29 is 5.11 Å². The number of aromatic hydroxyl groups is 1. The predicted octanol–water partition coefficient (Wildman–Crippen LogP) is 4.90. The maximum Gasteiger partial charge on any atom is 0.119 e. The molecular formula is C19H19NO. The van der Waals surface area contributed by atoms with E-state index in [2.05, 4.69) is 44.0 Å². The summed E-state index contributed by atoms with van der Waals surface area (Å²) >= 11 is 0. The van der Waals surface area contributed by atoms with Crippen molar-refractivity contribution in [1.29, 1.82) is 0 Å². The largest absolute Gasteiger partial charge is 0.508 e. The van der Waals surface area contributed by atoms with Crippen LogP contribution in [0.25, 0.3) is 21.9 Å². The maximum atomic E-state index is 10.1. The Hall–Kier alpha value is -2.35. The van der Waals surface area contributed by atoms with Crippen LogP contribution in [-0.4, -0.2) is 10.1 Å². The number of phenolic OH excluding ortho intramolecular Hbond substituents is 1. The van der Waals surface area contributed by atoms with Crippen LogP contribution in [0.4, 0.5) is 0 Å². The van der Waals surface area contributed by atoms with Crippen molar-refractivity contribution in [3.63, 3.8) is 0 Å². The fourth-order valence-corrected chi connectivity index (χ4v) is 2.68. The van der Waals surface area contributed by atoms with E-state index in [1.807, 2.05) is 30.6 Å². The predicted molar refractivity (Wildman–Crippen MR) is 87.5 cm³/mol. The first kappa shape index (κ1) is 13.6. The molecule has 1 N–H and O–H groups in total. The Labute approximate surface area is 125 Å². The van der Waals surface area contributed by atoms with E-state index in [9.17, 15) is 5.11 Å². The Balaban J connectivity index is 2.24. The Bertz CT molecular complexity index is 795. The van der Waals surface area contributed by atoms with Gasteiger partial charge < -0.3 is 5.11 Å². The van der Waals surface area contributed by atoms with Gasteiger partial charge in [0.15, 0.2) is 0 Å². The van der Waals surface area contributed by atoms with Crippen molar-refractivity contribution in [3.8, 4) is 16.9 Å². The highest BCUT2D eigenvalue weighted by Crippen LogP contribution is 2.36. The molecule has 3 aromatic rings. The molecule has 0 amide bonds. The van der Waals surface area contributed by atoms with Crippen molar-refractivity contribution in [2.45, 2.75) is 26.2 Å². The summed E-state index contributed by atoms with van der Waals surface area (Å²) < 4.78 is 0. The Morgan fingerprint density at radius 2 is 1.81 bits per heavy atom. The Morgan fingerprint density at radius 1 is 1.00 bits per heavy atom. The lowest BCUT2D eigenvalue weighted by Gasteiger charge is -2.21. The van der Waals surface area contributed by atoms with E-state index in [1.165, 1.54) is 10.9 Å². The van der Waals surface area contributed by atoms with Crippen LogP contribution in [0.15, 0.2) is 54.9 Å². The minimum Gasteiger partial charge on any atom is -0.508 e. The van der Waals surface area contributed by atoms with Gasteiger partial charge in [0, 0.05) is 17.8 Å². The summed E-state index contributed by atoms with van der Waals surface area (Å²) in [5.41, 5.74) is 3.16. The molecule has 0 atom stereocenters. The third-order valence-corrected chi connectivity index (χ3v) is 3.80. The molecule has 0 unspecified atom stereocenters. The average molecular weight is 277 g/mol. The second kappa shape index (κ2) is 4.88. The topological polar surface area (TPSA) is 33.1 Å². The van der Waals surface area contributed by atoms with E-state index in [-0.39, 0.29) is 5.41 Å². The quantitative estimate of drug-likeness (QED) is 0.686. The summed E-state index contributed by atoms with van der Waals surface area (Å²) in [7, 11) is 0. The molecule has 3 rings (SSSR count). The van der Waals surface area contributed by atoms with Crippen molar-refractivity contribution in [2.75, 3.05) is 0 Å². The monoisotopic (exact) mass is 277 g/mol.